The summed E-state index contributed by atoms with van der Waals surface area (Å²) in [5.41, 5.74) is 4.49. The van der Waals surface area contributed by atoms with E-state index in [1.165, 1.54) is 10.9 Å². The van der Waals surface area contributed by atoms with Crippen molar-refractivity contribution < 1.29 is 14.3 Å². The van der Waals surface area contributed by atoms with E-state index in [2.05, 4.69) is 16.4 Å². The maximum absolute atomic E-state index is 12.9. The minimum atomic E-state index is -0.00370. The number of carbonyl (C=O) groups is 1. The quantitative estimate of drug-likeness (QED) is 0.521. The van der Waals surface area contributed by atoms with Crippen LogP contribution in [0.3, 0.4) is 0 Å². The van der Waals surface area contributed by atoms with Crippen LogP contribution in [0.4, 0.5) is 0 Å². The molecule has 0 bridgehead atoms. The first-order valence-corrected chi connectivity index (χ1v) is 10.3. The van der Waals surface area contributed by atoms with Crippen LogP contribution in [-0.4, -0.2) is 29.7 Å². The van der Waals surface area contributed by atoms with E-state index in [0.717, 1.165) is 52.9 Å². The topological polar surface area (TPSA) is 68.3 Å². The first-order chi connectivity index (χ1) is 14.7. The summed E-state index contributed by atoms with van der Waals surface area (Å²) in [7, 11) is 3.35. The van der Waals surface area contributed by atoms with Gasteiger partial charge in [-0.25, -0.2) is 0 Å². The van der Waals surface area contributed by atoms with Crippen molar-refractivity contribution in [3.63, 3.8) is 0 Å². The average molecular weight is 403 g/mol. The highest BCUT2D eigenvalue weighted by Crippen LogP contribution is 2.36. The number of amides is 1. The summed E-state index contributed by atoms with van der Waals surface area (Å²) in [6.45, 7) is 0.274. The zero-order chi connectivity index (χ0) is 20.7. The van der Waals surface area contributed by atoms with Gasteiger partial charge in [0.15, 0.2) is 0 Å². The zero-order valence-electron chi connectivity index (χ0n) is 17.2. The first-order valence-electron chi connectivity index (χ1n) is 10.3. The van der Waals surface area contributed by atoms with Gasteiger partial charge in [0, 0.05) is 28.2 Å². The van der Waals surface area contributed by atoms with E-state index in [1.54, 1.807) is 14.2 Å². The predicted molar refractivity (Wildman–Crippen MR) is 117 cm³/mol. The highest BCUT2D eigenvalue weighted by molar-refractivity contribution is 5.89. The van der Waals surface area contributed by atoms with Crippen LogP contribution in [0.1, 0.15) is 30.1 Å². The Kier molecular flexibility index (Phi) is 4.62. The number of rotatable bonds is 5. The molecule has 1 atom stereocenters. The van der Waals surface area contributed by atoms with Gasteiger partial charge < -0.3 is 24.3 Å². The van der Waals surface area contributed by atoms with E-state index in [4.69, 9.17) is 9.47 Å². The van der Waals surface area contributed by atoms with Crippen LogP contribution in [0.2, 0.25) is 0 Å². The van der Waals surface area contributed by atoms with Gasteiger partial charge in [0.25, 0.3) is 0 Å². The van der Waals surface area contributed by atoms with Gasteiger partial charge in [0.1, 0.15) is 18.0 Å². The number of ether oxygens (including phenoxy) is 2. The van der Waals surface area contributed by atoms with Crippen LogP contribution < -0.4 is 14.8 Å². The Morgan fingerprint density at radius 2 is 2.07 bits per heavy atom. The molecular formula is C24H25N3O3. The number of benzene rings is 2. The van der Waals surface area contributed by atoms with Gasteiger partial charge in [-0.3, -0.25) is 4.79 Å². The van der Waals surface area contributed by atoms with Crippen molar-refractivity contribution in [2.75, 3.05) is 14.2 Å². The first kappa shape index (κ1) is 18.6. The molecule has 2 heterocycles. The lowest BCUT2D eigenvalue weighted by atomic mass is 9.91. The summed E-state index contributed by atoms with van der Waals surface area (Å²) in [5.74, 6) is 1.67. The molecular weight excluding hydrogens is 378 g/mol. The molecule has 5 rings (SSSR count). The highest BCUT2D eigenvalue weighted by atomic mass is 16.5. The molecule has 1 aliphatic rings. The van der Waals surface area contributed by atoms with Crippen molar-refractivity contribution in [1.29, 1.82) is 0 Å². The van der Waals surface area contributed by atoms with E-state index in [9.17, 15) is 4.79 Å². The molecule has 0 saturated heterocycles. The molecule has 0 saturated carbocycles. The summed E-state index contributed by atoms with van der Waals surface area (Å²) < 4.78 is 12.8. The van der Waals surface area contributed by atoms with E-state index in [-0.39, 0.29) is 18.5 Å². The summed E-state index contributed by atoms with van der Waals surface area (Å²) >= 11 is 0. The fourth-order valence-corrected chi connectivity index (χ4v) is 4.62. The Morgan fingerprint density at radius 3 is 2.90 bits per heavy atom. The maximum atomic E-state index is 12.9. The van der Waals surface area contributed by atoms with Crippen LogP contribution >= 0.6 is 0 Å². The second-order valence-corrected chi connectivity index (χ2v) is 7.78. The molecule has 4 aromatic rings. The minimum absolute atomic E-state index is 0.00370. The number of methoxy groups -OCH3 is 2. The Balaban J connectivity index is 1.39. The third kappa shape index (κ3) is 3.09. The van der Waals surface area contributed by atoms with Crippen molar-refractivity contribution >= 4 is 27.7 Å². The molecule has 0 spiro atoms. The van der Waals surface area contributed by atoms with Gasteiger partial charge in [-0.05, 0) is 61.2 Å². The number of nitrogens with one attached hydrogen (secondary N) is 2. The number of aromatic nitrogens is 2. The van der Waals surface area contributed by atoms with Gasteiger partial charge in [0.2, 0.25) is 5.91 Å². The van der Waals surface area contributed by atoms with Crippen molar-refractivity contribution in [3.8, 4) is 11.5 Å². The summed E-state index contributed by atoms with van der Waals surface area (Å²) in [5, 5.41) is 5.44. The Morgan fingerprint density at radius 1 is 1.17 bits per heavy atom. The normalized spacial score (nSPS) is 15.9. The molecule has 1 aliphatic carbocycles. The summed E-state index contributed by atoms with van der Waals surface area (Å²) in [6.07, 6.45) is 4.93. The maximum Gasteiger partial charge on any atom is 0.240 e. The smallest absolute Gasteiger partial charge is 0.240 e. The van der Waals surface area contributed by atoms with E-state index in [1.807, 2.05) is 47.2 Å². The van der Waals surface area contributed by atoms with Crippen molar-refractivity contribution in [2.45, 2.75) is 31.8 Å². The monoisotopic (exact) mass is 403 g/mol. The van der Waals surface area contributed by atoms with Crippen LogP contribution in [0, 0.1) is 0 Å². The van der Waals surface area contributed by atoms with Gasteiger partial charge in [-0.2, -0.15) is 0 Å². The van der Waals surface area contributed by atoms with Crippen LogP contribution in [0.5, 0.6) is 11.5 Å². The second-order valence-electron chi connectivity index (χ2n) is 7.78. The number of fused-ring (bicyclic) bond motifs is 4. The number of aromatic amines is 1. The van der Waals surface area contributed by atoms with Crippen molar-refractivity contribution in [1.82, 2.24) is 14.9 Å². The molecule has 2 aromatic carbocycles. The highest BCUT2D eigenvalue weighted by Gasteiger charge is 2.26. The molecule has 2 N–H and O–H groups in total. The van der Waals surface area contributed by atoms with Crippen molar-refractivity contribution in [2.24, 2.45) is 0 Å². The van der Waals surface area contributed by atoms with Gasteiger partial charge in [0.05, 0.1) is 25.8 Å². The molecule has 6 heteroatoms. The third-order valence-electron chi connectivity index (χ3n) is 6.06. The number of hydrogen-bond donors (Lipinski definition) is 2. The number of aryl methyl sites for hydroxylation is 1. The van der Waals surface area contributed by atoms with Crippen LogP contribution in [0.25, 0.3) is 21.8 Å². The van der Waals surface area contributed by atoms with E-state index in [0.29, 0.717) is 0 Å². The molecule has 2 aromatic heterocycles. The largest absolute Gasteiger partial charge is 0.497 e. The SMILES string of the molecule is COc1ccc2[nH]c3c(c2c1)CCC[C@@H]3NC(=O)Cn1ccc2c(OC)cccc21. The standard InChI is InChI=1S/C24H25N3O3/c1-29-15-9-10-19-18(13-15)16-5-3-6-20(24(16)26-19)25-23(28)14-27-12-11-17-21(27)7-4-8-22(17)30-2/h4,7-13,20,26H,3,5-6,14H2,1-2H3,(H,25,28)/t20-/m0/s1. The lowest BCUT2D eigenvalue weighted by molar-refractivity contribution is -0.122. The lowest BCUT2D eigenvalue weighted by Gasteiger charge is -2.24. The molecule has 0 fully saturated rings. The van der Waals surface area contributed by atoms with Crippen LogP contribution in [-0.2, 0) is 17.8 Å². The Hall–Kier alpha value is -3.41. The van der Waals surface area contributed by atoms with Gasteiger partial charge in [-0.15, -0.1) is 0 Å². The van der Waals surface area contributed by atoms with Gasteiger partial charge >= 0.3 is 0 Å². The van der Waals surface area contributed by atoms with Gasteiger partial charge in [-0.1, -0.05) is 6.07 Å². The molecule has 154 valence electrons. The van der Waals surface area contributed by atoms with Crippen LogP contribution in [0.15, 0.2) is 48.7 Å². The fraction of sp³-hybridized carbons (Fsp3) is 0.292. The molecule has 30 heavy (non-hydrogen) atoms. The zero-order valence-corrected chi connectivity index (χ0v) is 17.2. The number of carbonyl (C=O) groups excluding carboxylic acids is 1. The minimum Gasteiger partial charge on any atom is -0.497 e. The molecule has 0 radical (unpaired) electrons. The van der Waals surface area contributed by atoms with E-state index < -0.39 is 0 Å². The Labute approximate surface area is 174 Å². The predicted octanol–water partition coefficient (Wildman–Crippen LogP) is 4.33. The molecule has 6 nitrogen and oxygen atoms in total. The lowest BCUT2D eigenvalue weighted by Crippen LogP contribution is -2.33. The fourth-order valence-electron chi connectivity index (χ4n) is 4.62. The summed E-state index contributed by atoms with van der Waals surface area (Å²) in [6, 6.07) is 14.0. The molecule has 0 unspecified atom stereocenters. The second kappa shape index (κ2) is 7.44. The number of H-pyrrole nitrogens is 1. The number of nitrogens with zero attached hydrogens (tertiary/aromatic N) is 1. The third-order valence-corrected chi connectivity index (χ3v) is 6.06. The average Bonchev–Trinajstić information content (AvgIpc) is 3.35. The van der Waals surface area contributed by atoms with Crippen molar-refractivity contribution in [3.05, 3.63) is 59.9 Å². The van der Waals surface area contributed by atoms with E-state index >= 15 is 0 Å². The molecule has 1 amide bonds. The number of hydrogen-bond acceptors (Lipinski definition) is 3. The summed E-state index contributed by atoms with van der Waals surface area (Å²) in [4.78, 5) is 16.4. The Bertz CT molecular complexity index is 1240. The molecule has 0 aliphatic heterocycles.